The van der Waals surface area contributed by atoms with Crippen molar-refractivity contribution in [2.45, 2.75) is 69.8 Å². The zero-order chi connectivity index (χ0) is 25.3. The molecule has 1 saturated heterocycles. The normalized spacial score (nSPS) is 20.6. The Morgan fingerprint density at radius 3 is 2.19 bits per heavy atom. The molecule has 2 atom stereocenters. The van der Waals surface area contributed by atoms with Crippen LogP contribution in [0.4, 0.5) is 4.79 Å². The number of hydrogen-bond acceptors (Lipinski definition) is 3. The Morgan fingerprint density at radius 2 is 1.53 bits per heavy atom. The third-order valence-corrected chi connectivity index (χ3v) is 7.73. The highest BCUT2D eigenvalue weighted by atomic mass is 16.6. The average molecular weight is 484 g/mol. The van der Waals surface area contributed by atoms with Crippen molar-refractivity contribution < 1.29 is 14.6 Å². The zero-order valence-electron chi connectivity index (χ0n) is 21.6. The minimum absolute atomic E-state index is 0.203. The number of rotatable bonds is 3. The molecular weight excluding hydrogens is 446 g/mol. The van der Waals surface area contributed by atoms with Crippen LogP contribution in [0.25, 0.3) is 0 Å². The van der Waals surface area contributed by atoms with Crippen LogP contribution in [0.5, 0.6) is 5.75 Å². The van der Waals surface area contributed by atoms with E-state index < -0.39 is 5.60 Å². The fourth-order valence-corrected chi connectivity index (χ4v) is 5.98. The Labute approximate surface area is 214 Å². The monoisotopic (exact) mass is 483 g/mol. The van der Waals surface area contributed by atoms with Crippen LogP contribution >= 0.6 is 0 Å². The van der Waals surface area contributed by atoms with E-state index in [2.05, 4.69) is 60.7 Å². The summed E-state index contributed by atoms with van der Waals surface area (Å²) in [7, 11) is 0. The molecule has 0 aromatic heterocycles. The Kier molecular flexibility index (Phi) is 6.79. The van der Waals surface area contributed by atoms with Gasteiger partial charge in [-0.2, -0.15) is 0 Å². The lowest BCUT2D eigenvalue weighted by molar-refractivity contribution is 0.0205. The average Bonchev–Trinajstić information content (AvgIpc) is 2.87. The van der Waals surface area contributed by atoms with Crippen LogP contribution in [-0.2, 0) is 11.2 Å². The lowest BCUT2D eigenvalue weighted by Gasteiger charge is -2.35. The number of fused-ring (bicyclic) bond motifs is 1. The van der Waals surface area contributed by atoms with E-state index in [1.165, 1.54) is 27.8 Å². The Hall–Kier alpha value is -3.27. The number of phenols is 1. The number of phenolic OH excluding ortho intramolecular Hbond substituents is 1. The van der Waals surface area contributed by atoms with Crippen LogP contribution in [0.1, 0.15) is 85.6 Å². The number of likely N-dealkylation sites (tertiary alicyclic amines) is 1. The van der Waals surface area contributed by atoms with Gasteiger partial charge in [-0.25, -0.2) is 4.79 Å². The molecule has 36 heavy (non-hydrogen) atoms. The fraction of sp³-hybridized carbons (Fsp3) is 0.406. The number of aryl methyl sites for hydroxylation is 1. The highest BCUT2D eigenvalue weighted by Gasteiger charge is 2.33. The van der Waals surface area contributed by atoms with E-state index in [1.54, 1.807) is 0 Å². The summed E-state index contributed by atoms with van der Waals surface area (Å²) < 4.78 is 5.55. The van der Waals surface area contributed by atoms with Gasteiger partial charge in [0, 0.05) is 19.0 Å². The van der Waals surface area contributed by atoms with Crippen molar-refractivity contribution in [1.29, 1.82) is 0 Å². The summed E-state index contributed by atoms with van der Waals surface area (Å²) in [5, 5.41) is 10.1. The molecule has 5 rings (SSSR count). The van der Waals surface area contributed by atoms with Gasteiger partial charge >= 0.3 is 6.09 Å². The summed E-state index contributed by atoms with van der Waals surface area (Å²) in [6.45, 7) is 7.20. The fourth-order valence-electron chi connectivity index (χ4n) is 5.98. The van der Waals surface area contributed by atoms with Crippen LogP contribution in [0.15, 0.2) is 72.8 Å². The first-order valence-corrected chi connectivity index (χ1v) is 13.2. The third-order valence-electron chi connectivity index (χ3n) is 7.73. The van der Waals surface area contributed by atoms with Crippen LogP contribution in [-0.4, -0.2) is 34.8 Å². The predicted octanol–water partition coefficient (Wildman–Crippen LogP) is 7.37. The van der Waals surface area contributed by atoms with Gasteiger partial charge in [-0.1, -0.05) is 60.7 Å². The molecule has 0 bridgehead atoms. The molecule has 1 fully saturated rings. The summed E-state index contributed by atoms with van der Waals surface area (Å²) in [6, 6.07) is 25.9. The highest BCUT2D eigenvalue weighted by Crippen LogP contribution is 2.47. The topological polar surface area (TPSA) is 49.8 Å². The summed E-state index contributed by atoms with van der Waals surface area (Å²) in [4.78, 5) is 14.3. The Morgan fingerprint density at radius 1 is 0.861 bits per heavy atom. The molecule has 0 radical (unpaired) electrons. The number of ether oxygens (including phenoxy) is 1. The van der Waals surface area contributed by atoms with E-state index >= 15 is 0 Å². The van der Waals surface area contributed by atoms with Crippen LogP contribution in [0.3, 0.4) is 0 Å². The molecule has 4 heteroatoms. The minimum Gasteiger partial charge on any atom is -0.508 e. The number of nitrogens with zero attached hydrogens (tertiary/aromatic N) is 1. The quantitative estimate of drug-likeness (QED) is 0.423. The van der Waals surface area contributed by atoms with Gasteiger partial charge in [-0.3, -0.25) is 0 Å². The molecular formula is C32H37NO3. The van der Waals surface area contributed by atoms with E-state index in [0.717, 1.165) is 38.8 Å². The van der Waals surface area contributed by atoms with E-state index in [0.29, 0.717) is 17.6 Å². The largest absolute Gasteiger partial charge is 0.508 e. The first-order chi connectivity index (χ1) is 17.3. The molecule has 188 valence electrons. The van der Waals surface area contributed by atoms with Gasteiger partial charge in [0.2, 0.25) is 0 Å². The molecule has 2 aliphatic rings. The molecule has 3 aromatic rings. The van der Waals surface area contributed by atoms with Gasteiger partial charge in [0.05, 0.1) is 0 Å². The molecule has 4 nitrogen and oxygen atoms in total. The second kappa shape index (κ2) is 10.0. The lowest BCUT2D eigenvalue weighted by Crippen LogP contribution is -2.41. The van der Waals surface area contributed by atoms with Gasteiger partial charge < -0.3 is 14.7 Å². The van der Waals surface area contributed by atoms with Crippen molar-refractivity contribution in [3.05, 3.63) is 101 Å². The summed E-state index contributed by atoms with van der Waals surface area (Å²) in [5.74, 6) is 1.47. The molecule has 1 amide bonds. The number of hydrogen-bond donors (Lipinski definition) is 1. The van der Waals surface area contributed by atoms with Crippen LogP contribution < -0.4 is 0 Å². The second-order valence-electron chi connectivity index (χ2n) is 11.3. The van der Waals surface area contributed by atoms with Gasteiger partial charge in [0.15, 0.2) is 0 Å². The third kappa shape index (κ3) is 5.28. The van der Waals surface area contributed by atoms with Crippen molar-refractivity contribution in [1.82, 2.24) is 4.90 Å². The molecule has 1 heterocycles. The number of aromatic hydroxyl groups is 1. The van der Waals surface area contributed by atoms with Crippen molar-refractivity contribution in [2.75, 3.05) is 13.1 Å². The van der Waals surface area contributed by atoms with Crippen molar-refractivity contribution >= 4 is 6.09 Å². The van der Waals surface area contributed by atoms with E-state index in [9.17, 15) is 9.90 Å². The van der Waals surface area contributed by atoms with Gasteiger partial charge in [-0.15, -0.1) is 0 Å². The lowest BCUT2D eigenvalue weighted by atomic mass is 9.69. The molecule has 1 aliphatic carbocycles. The maximum absolute atomic E-state index is 12.4. The number of carbonyl (C=O) groups is 1. The van der Waals surface area contributed by atoms with E-state index in [1.807, 2.05) is 37.8 Å². The molecule has 1 aliphatic heterocycles. The number of amides is 1. The molecule has 0 spiro atoms. The maximum atomic E-state index is 12.4. The first kappa shape index (κ1) is 24.4. The predicted molar refractivity (Wildman–Crippen MR) is 144 cm³/mol. The number of benzene rings is 3. The van der Waals surface area contributed by atoms with Crippen LogP contribution in [0.2, 0.25) is 0 Å². The Bertz CT molecular complexity index is 1190. The summed E-state index contributed by atoms with van der Waals surface area (Å²) in [6.07, 6.45) is 3.75. The first-order valence-electron chi connectivity index (χ1n) is 13.2. The van der Waals surface area contributed by atoms with E-state index in [4.69, 9.17) is 4.74 Å². The number of carbonyl (C=O) groups excluding carboxylic acids is 1. The van der Waals surface area contributed by atoms with Gasteiger partial charge in [-0.05, 0) is 98.2 Å². The zero-order valence-corrected chi connectivity index (χ0v) is 21.6. The van der Waals surface area contributed by atoms with Crippen molar-refractivity contribution in [3.8, 4) is 5.75 Å². The van der Waals surface area contributed by atoms with E-state index in [-0.39, 0.29) is 12.0 Å². The molecule has 3 aromatic carbocycles. The molecule has 0 saturated carbocycles. The SMILES string of the molecule is CC(C)(C)OC(=O)N1CCC(c2ccc([C@H]3c4ccc(O)cc4CC[C@H]3c3ccccc3)cc2)CC1. The van der Waals surface area contributed by atoms with Gasteiger partial charge in [0.1, 0.15) is 11.4 Å². The summed E-state index contributed by atoms with van der Waals surface area (Å²) >= 11 is 0. The summed E-state index contributed by atoms with van der Waals surface area (Å²) in [5.41, 5.74) is 6.17. The van der Waals surface area contributed by atoms with Crippen molar-refractivity contribution in [2.24, 2.45) is 0 Å². The van der Waals surface area contributed by atoms with Crippen molar-refractivity contribution in [3.63, 3.8) is 0 Å². The standard InChI is InChI=1S/C32H37NO3/c1-32(2,3)36-31(35)33-19-17-23(18-20-33)22-9-11-25(12-10-22)30-28(24-7-5-4-6-8-24)15-13-26-21-27(34)14-16-29(26)30/h4-12,14,16,21,23,28,30,34H,13,15,17-20H2,1-3H3/t28-,30+/m0/s1. The van der Waals surface area contributed by atoms with Crippen LogP contribution in [0, 0.1) is 0 Å². The minimum atomic E-state index is -0.460. The molecule has 0 unspecified atom stereocenters. The highest BCUT2D eigenvalue weighted by molar-refractivity contribution is 5.68. The Balaban J connectivity index is 1.35. The molecule has 1 N–H and O–H groups in total. The smallest absolute Gasteiger partial charge is 0.410 e. The number of piperidine rings is 1. The second-order valence-corrected chi connectivity index (χ2v) is 11.3. The van der Waals surface area contributed by atoms with Gasteiger partial charge in [0.25, 0.3) is 0 Å². The maximum Gasteiger partial charge on any atom is 0.410 e.